The number of aliphatic carboxylic acids is 1. The van der Waals surface area contributed by atoms with Gasteiger partial charge in [0.2, 0.25) is 12.0 Å². The van der Waals surface area contributed by atoms with Gasteiger partial charge < -0.3 is 15.6 Å². The van der Waals surface area contributed by atoms with E-state index in [0.29, 0.717) is 23.3 Å². The topological polar surface area (TPSA) is 98.3 Å². The molecule has 2 aromatic carbocycles. The van der Waals surface area contributed by atoms with Crippen LogP contribution in [-0.2, 0) is 11.2 Å². The van der Waals surface area contributed by atoms with Gasteiger partial charge in [-0.1, -0.05) is 30.3 Å². The largest absolute Gasteiger partial charge is 0.480 e. The number of carboxylic acids is 1. The second-order valence-corrected chi connectivity index (χ2v) is 6.80. The third-order valence-electron chi connectivity index (χ3n) is 4.45. The van der Waals surface area contributed by atoms with Crippen LogP contribution in [0.3, 0.4) is 0 Å². The summed E-state index contributed by atoms with van der Waals surface area (Å²) in [5.41, 5.74) is 6.24. The molecule has 1 aromatic heterocycles. The van der Waals surface area contributed by atoms with E-state index in [2.05, 4.69) is 9.97 Å². The van der Waals surface area contributed by atoms with Crippen LogP contribution in [0.15, 0.2) is 54.9 Å². The molecule has 3 N–H and O–H groups in total. The van der Waals surface area contributed by atoms with E-state index in [1.54, 1.807) is 24.3 Å². The van der Waals surface area contributed by atoms with Crippen molar-refractivity contribution < 1.29 is 36.6 Å². The van der Waals surface area contributed by atoms with E-state index in [1.165, 1.54) is 0 Å². The molecule has 0 aliphatic carbocycles. The summed E-state index contributed by atoms with van der Waals surface area (Å²) < 4.78 is 72.1. The third kappa shape index (κ3) is 5.55. The minimum atomic E-state index is -4.93. The van der Waals surface area contributed by atoms with Crippen molar-refractivity contribution in [3.63, 3.8) is 0 Å². The van der Waals surface area contributed by atoms with E-state index < -0.39 is 47.4 Å². The average Bonchev–Trinajstić information content (AvgIpc) is 2.74. The summed E-state index contributed by atoms with van der Waals surface area (Å²) in [5, 5.41) is 8.87. The van der Waals surface area contributed by atoms with Gasteiger partial charge in [-0.3, -0.25) is 4.79 Å². The molecule has 32 heavy (non-hydrogen) atoms. The lowest BCUT2D eigenvalue weighted by molar-refractivity contribution is -0.198. The van der Waals surface area contributed by atoms with E-state index in [-0.39, 0.29) is 12.1 Å². The SMILES string of the molecule is NC(Cc1ccc(-c2cc(OC(c3ccc(F)c(F)c3)C(F)(F)F)ncn2)cc1)C(=O)O. The first-order valence-corrected chi connectivity index (χ1v) is 9.12. The fourth-order valence-corrected chi connectivity index (χ4v) is 2.83. The van der Waals surface area contributed by atoms with Gasteiger partial charge in [-0.15, -0.1) is 0 Å². The Kier molecular flexibility index (Phi) is 6.68. The molecule has 0 saturated carbocycles. The minimum absolute atomic E-state index is 0.0925. The van der Waals surface area contributed by atoms with Crippen LogP contribution in [0.2, 0.25) is 0 Å². The second-order valence-electron chi connectivity index (χ2n) is 6.80. The van der Waals surface area contributed by atoms with E-state index in [1.807, 2.05) is 0 Å². The molecule has 0 spiro atoms. The van der Waals surface area contributed by atoms with Gasteiger partial charge >= 0.3 is 12.1 Å². The highest BCUT2D eigenvalue weighted by Crippen LogP contribution is 2.37. The van der Waals surface area contributed by atoms with Crippen molar-refractivity contribution in [3.05, 3.63) is 77.6 Å². The van der Waals surface area contributed by atoms with Crippen LogP contribution in [0.1, 0.15) is 17.2 Å². The summed E-state index contributed by atoms with van der Waals surface area (Å²) in [4.78, 5) is 18.5. The van der Waals surface area contributed by atoms with Crippen molar-refractivity contribution in [3.8, 4) is 17.1 Å². The van der Waals surface area contributed by atoms with Gasteiger partial charge in [0.1, 0.15) is 12.4 Å². The number of hydrogen-bond donors (Lipinski definition) is 2. The maximum atomic E-state index is 13.5. The second kappa shape index (κ2) is 9.27. The number of carbonyl (C=O) groups is 1. The van der Waals surface area contributed by atoms with E-state index in [4.69, 9.17) is 15.6 Å². The van der Waals surface area contributed by atoms with Crippen molar-refractivity contribution in [2.24, 2.45) is 5.73 Å². The predicted molar refractivity (Wildman–Crippen MR) is 103 cm³/mol. The highest BCUT2D eigenvalue weighted by molar-refractivity contribution is 5.73. The summed E-state index contributed by atoms with van der Waals surface area (Å²) in [6.07, 6.45) is -6.42. The number of nitrogens with zero attached hydrogens (tertiary/aromatic N) is 2. The zero-order chi connectivity index (χ0) is 23.5. The van der Waals surface area contributed by atoms with Crippen LogP contribution in [0.5, 0.6) is 5.88 Å². The number of rotatable bonds is 7. The lowest BCUT2D eigenvalue weighted by Gasteiger charge is -2.21. The first-order chi connectivity index (χ1) is 15.0. The van der Waals surface area contributed by atoms with Crippen molar-refractivity contribution in [1.29, 1.82) is 0 Å². The molecule has 0 aliphatic heterocycles. The zero-order valence-electron chi connectivity index (χ0n) is 16.2. The molecule has 168 valence electrons. The summed E-state index contributed by atoms with van der Waals surface area (Å²) in [5.74, 6) is -4.30. The van der Waals surface area contributed by atoms with Crippen LogP contribution >= 0.6 is 0 Å². The number of aromatic nitrogens is 2. The normalized spacial score (nSPS) is 13.4. The Hall–Kier alpha value is -3.60. The summed E-state index contributed by atoms with van der Waals surface area (Å²) in [6, 6.07) is 8.26. The zero-order valence-corrected chi connectivity index (χ0v) is 16.2. The van der Waals surface area contributed by atoms with Gasteiger partial charge in [0.15, 0.2) is 11.6 Å². The Bertz CT molecular complexity index is 1110. The van der Waals surface area contributed by atoms with Gasteiger partial charge in [0.05, 0.1) is 5.69 Å². The monoisotopic (exact) mass is 453 g/mol. The standard InChI is InChI=1S/C21H16F5N3O3/c22-14-6-5-13(8-15(14)23)19(21(24,25)26)32-18-9-17(28-10-29-18)12-3-1-11(2-4-12)7-16(27)20(30)31/h1-6,8-10,16,19H,7,27H2,(H,30,31). The lowest BCUT2D eigenvalue weighted by atomic mass is 10.0. The summed E-state index contributed by atoms with van der Waals surface area (Å²) >= 11 is 0. The molecule has 2 unspecified atom stereocenters. The van der Waals surface area contributed by atoms with E-state index in [9.17, 15) is 26.7 Å². The predicted octanol–water partition coefficient (Wildman–Crippen LogP) is 4.06. The highest BCUT2D eigenvalue weighted by Gasteiger charge is 2.43. The molecule has 11 heteroatoms. The summed E-state index contributed by atoms with van der Waals surface area (Å²) in [7, 11) is 0. The first-order valence-electron chi connectivity index (χ1n) is 9.12. The smallest absolute Gasteiger partial charge is 0.429 e. The summed E-state index contributed by atoms with van der Waals surface area (Å²) in [6.45, 7) is 0. The van der Waals surface area contributed by atoms with Crippen LogP contribution in [0.25, 0.3) is 11.3 Å². The van der Waals surface area contributed by atoms with Crippen molar-refractivity contribution in [2.45, 2.75) is 24.7 Å². The molecular formula is C21H16F5N3O3. The molecule has 0 bridgehead atoms. The number of ether oxygens (including phenoxy) is 1. The molecule has 0 amide bonds. The molecule has 0 aliphatic rings. The minimum Gasteiger partial charge on any atom is -0.480 e. The average molecular weight is 453 g/mol. The Morgan fingerprint density at radius 2 is 1.72 bits per heavy atom. The molecule has 3 aromatic rings. The Labute approximate surface area is 178 Å². The Morgan fingerprint density at radius 3 is 2.31 bits per heavy atom. The Morgan fingerprint density at radius 1 is 1.03 bits per heavy atom. The van der Waals surface area contributed by atoms with Crippen LogP contribution in [-0.4, -0.2) is 33.3 Å². The third-order valence-corrected chi connectivity index (χ3v) is 4.45. The van der Waals surface area contributed by atoms with Gasteiger partial charge in [0.25, 0.3) is 0 Å². The van der Waals surface area contributed by atoms with Crippen LogP contribution in [0.4, 0.5) is 22.0 Å². The number of carboxylic acid groups (broad SMARTS) is 1. The molecule has 3 rings (SSSR count). The molecule has 1 heterocycles. The van der Waals surface area contributed by atoms with Crippen molar-refractivity contribution >= 4 is 5.97 Å². The van der Waals surface area contributed by atoms with Crippen LogP contribution < -0.4 is 10.5 Å². The number of alkyl halides is 3. The highest BCUT2D eigenvalue weighted by atomic mass is 19.4. The van der Waals surface area contributed by atoms with Crippen LogP contribution in [0, 0.1) is 11.6 Å². The molecule has 2 atom stereocenters. The lowest BCUT2D eigenvalue weighted by Crippen LogP contribution is -2.32. The Balaban J connectivity index is 1.84. The first kappa shape index (κ1) is 23.1. The number of hydrogen-bond acceptors (Lipinski definition) is 5. The molecule has 6 nitrogen and oxygen atoms in total. The number of halogens is 5. The van der Waals surface area contributed by atoms with Crippen molar-refractivity contribution in [1.82, 2.24) is 9.97 Å². The van der Waals surface area contributed by atoms with E-state index >= 15 is 0 Å². The molecule has 0 fully saturated rings. The maximum Gasteiger partial charge on any atom is 0.429 e. The van der Waals surface area contributed by atoms with Crippen molar-refractivity contribution in [2.75, 3.05) is 0 Å². The van der Waals surface area contributed by atoms with Gasteiger partial charge in [-0.2, -0.15) is 13.2 Å². The van der Waals surface area contributed by atoms with E-state index in [0.717, 1.165) is 18.5 Å². The number of nitrogens with two attached hydrogens (primary N) is 1. The number of benzene rings is 2. The molecule has 0 radical (unpaired) electrons. The molecular weight excluding hydrogens is 437 g/mol. The van der Waals surface area contributed by atoms with Gasteiger partial charge in [0, 0.05) is 17.2 Å². The maximum absolute atomic E-state index is 13.5. The molecule has 0 saturated heterocycles. The van der Waals surface area contributed by atoms with Gasteiger partial charge in [-0.05, 0) is 24.1 Å². The fourth-order valence-electron chi connectivity index (χ4n) is 2.83. The fraction of sp³-hybridized carbons (Fsp3) is 0.190. The van der Waals surface area contributed by atoms with Gasteiger partial charge in [-0.25, -0.2) is 18.7 Å². The quantitative estimate of drug-likeness (QED) is 0.524.